The molecule has 0 aromatic rings. The third-order valence-corrected chi connectivity index (χ3v) is 12.3. The summed E-state index contributed by atoms with van der Waals surface area (Å²) < 4.78 is 22.7. The van der Waals surface area contributed by atoms with Crippen molar-refractivity contribution in [1.82, 2.24) is 5.32 Å². The number of rotatable bonds is 37. The molecule has 2 rings (SSSR count). The van der Waals surface area contributed by atoms with E-state index in [1.165, 1.54) is 116 Å². The highest BCUT2D eigenvalue weighted by Crippen LogP contribution is 2.30. The Labute approximate surface area is 362 Å². The van der Waals surface area contributed by atoms with Crippen LogP contribution >= 0.6 is 0 Å². The first-order valence-electron chi connectivity index (χ1n) is 24.3. The van der Waals surface area contributed by atoms with Crippen LogP contribution in [0.1, 0.15) is 194 Å². The van der Waals surface area contributed by atoms with E-state index >= 15 is 0 Å². The number of ether oxygens (including phenoxy) is 4. The summed E-state index contributed by atoms with van der Waals surface area (Å²) in [6, 6.07) is -0.818. The molecule has 14 heteroatoms. The van der Waals surface area contributed by atoms with Crippen molar-refractivity contribution in [3.63, 3.8) is 0 Å². The Bertz CT molecular complexity index is 1020. The van der Waals surface area contributed by atoms with Crippen molar-refractivity contribution >= 4 is 5.91 Å². The van der Waals surface area contributed by atoms with Crippen LogP contribution in [0.3, 0.4) is 0 Å². The van der Waals surface area contributed by atoms with Crippen LogP contribution in [0.25, 0.3) is 0 Å². The SMILES string of the molecule is CCCCCCCCCCCCCCCCCCCCC(=O)NC(COC1OC(CO)C(OC2OC(CO)C(O)C(O)C2O)C(O)C1O)C(O)CCCCCCCCCC. The lowest BCUT2D eigenvalue weighted by Crippen LogP contribution is -2.65. The topological polar surface area (TPSA) is 228 Å². The van der Waals surface area contributed by atoms with Crippen LogP contribution in [0.15, 0.2) is 0 Å². The highest BCUT2D eigenvalue weighted by Gasteiger charge is 2.51. The minimum absolute atomic E-state index is 0.207. The molecule has 1 amide bonds. The lowest BCUT2D eigenvalue weighted by Gasteiger charge is -2.46. The van der Waals surface area contributed by atoms with Gasteiger partial charge >= 0.3 is 0 Å². The molecule has 0 saturated carbocycles. The molecule has 0 aliphatic carbocycles. The van der Waals surface area contributed by atoms with Gasteiger partial charge in [0.05, 0.1) is 32.0 Å². The Morgan fingerprint density at radius 1 is 0.533 bits per heavy atom. The van der Waals surface area contributed by atoms with Gasteiger partial charge in [-0.25, -0.2) is 0 Å². The van der Waals surface area contributed by atoms with Gasteiger partial charge in [0, 0.05) is 6.42 Å². The first-order chi connectivity index (χ1) is 29.1. The summed E-state index contributed by atoms with van der Waals surface area (Å²) in [5.74, 6) is -0.207. The molecule has 0 bridgehead atoms. The third kappa shape index (κ3) is 22.1. The second kappa shape index (κ2) is 34.4. The van der Waals surface area contributed by atoms with Crippen LogP contribution in [0.5, 0.6) is 0 Å². The lowest BCUT2D eigenvalue weighted by molar-refractivity contribution is -0.359. The van der Waals surface area contributed by atoms with Crippen molar-refractivity contribution in [2.24, 2.45) is 0 Å². The predicted molar refractivity (Wildman–Crippen MR) is 231 cm³/mol. The summed E-state index contributed by atoms with van der Waals surface area (Å²) in [4.78, 5) is 13.1. The van der Waals surface area contributed by atoms with E-state index in [-0.39, 0.29) is 12.5 Å². The van der Waals surface area contributed by atoms with Gasteiger partial charge in [-0.3, -0.25) is 4.79 Å². The standard InChI is InChI=1S/C46H89NO13/c1-3-5-7-9-11-13-14-15-16-17-18-19-20-21-22-24-26-28-30-38(51)47-34(35(50)29-27-25-23-12-10-8-6-4-2)33-57-45-43(56)41(54)44(37(32-49)59-45)60-46-42(55)40(53)39(52)36(31-48)58-46/h34-37,39-46,48-50,52-56H,3-33H2,1-2H3,(H,47,51). The highest BCUT2D eigenvalue weighted by atomic mass is 16.7. The first kappa shape index (κ1) is 55.1. The minimum atomic E-state index is -1.78. The molecule has 60 heavy (non-hydrogen) atoms. The fraction of sp³-hybridized carbons (Fsp3) is 0.978. The Morgan fingerprint density at radius 3 is 1.42 bits per heavy atom. The molecular weight excluding hydrogens is 774 g/mol. The second-order valence-electron chi connectivity index (χ2n) is 17.6. The molecule has 0 aromatic carbocycles. The maximum Gasteiger partial charge on any atom is 0.220 e. The van der Waals surface area contributed by atoms with E-state index in [9.17, 15) is 45.6 Å². The van der Waals surface area contributed by atoms with E-state index < -0.39 is 86.8 Å². The number of nitrogens with one attached hydrogen (secondary N) is 1. The molecule has 2 heterocycles. The molecule has 12 atom stereocenters. The van der Waals surface area contributed by atoms with Crippen molar-refractivity contribution in [1.29, 1.82) is 0 Å². The Kier molecular flexibility index (Phi) is 31.6. The summed E-state index contributed by atoms with van der Waals surface area (Å²) in [5, 5.41) is 86.5. The minimum Gasteiger partial charge on any atom is -0.394 e. The number of carbonyl (C=O) groups excluding carboxylic acids is 1. The molecule has 2 aliphatic rings. The number of amides is 1. The van der Waals surface area contributed by atoms with E-state index in [2.05, 4.69) is 19.2 Å². The molecule has 14 nitrogen and oxygen atoms in total. The number of aliphatic hydroxyl groups excluding tert-OH is 8. The molecule has 2 fully saturated rings. The highest BCUT2D eigenvalue weighted by molar-refractivity contribution is 5.76. The van der Waals surface area contributed by atoms with Gasteiger partial charge in [-0.15, -0.1) is 0 Å². The van der Waals surface area contributed by atoms with Crippen LogP contribution in [-0.4, -0.2) is 140 Å². The molecular formula is C46H89NO13. The van der Waals surface area contributed by atoms with Gasteiger partial charge in [-0.05, 0) is 12.8 Å². The summed E-state index contributed by atoms with van der Waals surface area (Å²) in [7, 11) is 0. The fourth-order valence-corrected chi connectivity index (χ4v) is 8.30. The maximum atomic E-state index is 13.1. The van der Waals surface area contributed by atoms with Gasteiger partial charge in [0.2, 0.25) is 5.91 Å². The average molecular weight is 864 g/mol. The Morgan fingerprint density at radius 2 is 0.950 bits per heavy atom. The zero-order valence-corrected chi connectivity index (χ0v) is 37.5. The van der Waals surface area contributed by atoms with E-state index in [4.69, 9.17) is 18.9 Å². The van der Waals surface area contributed by atoms with Crippen LogP contribution in [0.4, 0.5) is 0 Å². The quantitative estimate of drug-likeness (QED) is 0.0356. The van der Waals surface area contributed by atoms with Crippen LogP contribution in [-0.2, 0) is 23.7 Å². The molecule has 356 valence electrons. The van der Waals surface area contributed by atoms with Crippen LogP contribution in [0.2, 0.25) is 0 Å². The van der Waals surface area contributed by atoms with Crippen LogP contribution in [0, 0.1) is 0 Å². The van der Waals surface area contributed by atoms with Crippen LogP contribution < -0.4 is 5.32 Å². The first-order valence-corrected chi connectivity index (χ1v) is 24.3. The van der Waals surface area contributed by atoms with Crippen molar-refractivity contribution in [2.75, 3.05) is 19.8 Å². The van der Waals surface area contributed by atoms with Gasteiger partial charge in [-0.2, -0.15) is 0 Å². The Hall–Kier alpha value is -1.01. The predicted octanol–water partition coefficient (Wildman–Crippen LogP) is 5.44. The van der Waals surface area contributed by atoms with E-state index in [1.807, 2.05) is 0 Å². The number of hydrogen-bond acceptors (Lipinski definition) is 13. The maximum absolute atomic E-state index is 13.1. The van der Waals surface area contributed by atoms with E-state index in [0.717, 1.165) is 51.4 Å². The second-order valence-corrected chi connectivity index (χ2v) is 17.6. The third-order valence-electron chi connectivity index (χ3n) is 12.3. The largest absolute Gasteiger partial charge is 0.394 e. The normalized spacial score (nSPS) is 28.2. The molecule has 0 spiro atoms. The number of aliphatic hydroxyl groups is 8. The molecule has 2 aliphatic heterocycles. The van der Waals surface area contributed by atoms with Crippen molar-refractivity contribution in [3.05, 3.63) is 0 Å². The smallest absolute Gasteiger partial charge is 0.220 e. The number of unbranched alkanes of at least 4 members (excludes halogenated alkanes) is 24. The Balaban J connectivity index is 1.79. The molecule has 12 unspecified atom stereocenters. The van der Waals surface area contributed by atoms with Gasteiger partial charge in [0.25, 0.3) is 0 Å². The van der Waals surface area contributed by atoms with Crippen molar-refractivity contribution < 1.29 is 64.6 Å². The molecule has 2 saturated heterocycles. The molecule has 0 aromatic heterocycles. The lowest BCUT2D eigenvalue weighted by atomic mass is 9.97. The zero-order valence-electron chi connectivity index (χ0n) is 37.5. The monoisotopic (exact) mass is 864 g/mol. The average Bonchev–Trinajstić information content (AvgIpc) is 3.24. The summed E-state index contributed by atoms with van der Waals surface area (Å²) in [5.41, 5.74) is 0. The van der Waals surface area contributed by atoms with Gasteiger partial charge in [0.1, 0.15) is 48.8 Å². The zero-order chi connectivity index (χ0) is 44.0. The molecule has 0 radical (unpaired) electrons. The number of hydrogen-bond donors (Lipinski definition) is 9. The van der Waals surface area contributed by atoms with Gasteiger partial charge in [0.15, 0.2) is 12.6 Å². The van der Waals surface area contributed by atoms with Gasteiger partial charge < -0.3 is 65.1 Å². The summed E-state index contributed by atoms with van der Waals surface area (Å²) in [6.07, 6.45) is 15.6. The van der Waals surface area contributed by atoms with E-state index in [0.29, 0.717) is 12.8 Å². The van der Waals surface area contributed by atoms with E-state index in [1.54, 1.807) is 0 Å². The van der Waals surface area contributed by atoms with Gasteiger partial charge in [-0.1, -0.05) is 174 Å². The number of carbonyl (C=O) groups is 1. The van der Waals surface area contributed by atoms with Crippen molar-refractivity contribution in [3.8, 4) is 0 Å². The summed E-state index contributed by atoms with van der Waals surface area (Å²) in [6.45, 7) is 2.81. The van der Waals surface area contributed by atoms with Crippen molar-refractivity contribution in [2.45, 2.75) is 267 Å². The molecule has 9 N–H and O–H groups in total. The summed E-state index contributed by atoms with van der Waals surface area (Å²) >= 11 is 0. The fourth-order valence-electron chi connectivity index (χ4n) is 8.30.